The molecule has 0 fully saturated rings. The van der Waals surface area contributed by atoms with E-state index in [9.17, 15) is 9.59 Å². The molecule has 2 aromatic heterocycles. The van der Waals surface area contributed by atoms with E-state index in [0.29, 0.717) is 16.7 Å². The number of benzene rings is 1. The van der Waals surface area contributed by atoms with Crippen molar-refractivity contribution in [3.63, 3.8) is 0 Å². The molecule has 0 aliphatic carbocycles. The van der Waals surface area contributed by atoms with Gasteiger partial charge in [-0.25, -0.2) is 4.79 Å². The molecule has 0 unspecified atom stereocenters. The van der Waals surface area contributed by atoms with Crippen molar-refractivity contribution >= 4 is 23.7 Å². The number of carbonyl (C=O) groups is 2. The average molecular weight is 385 g/mol. The number of nitrogens with zero attached hydrogens (tertiary/aromatic N) is 3. The Morgan fingerprint density at radius 1 is 1.15 bits per heavy atom. The van der Waals surface area contributed by atoms with Gasteiger partial charge in [-0.3, -0.25) is 14.7 Å². The third-order valence-electron chi connectivity index (χ3n) is 3.73. The molecule has 3 amide bonds. The number of nitrogens with two attached hydrogens (primary N) is 1. The second-order valence-electron chi connectivity index (χ2n) is 6.09. The van der Waals surface area contributed by atoms with Crippen LogP contribution in [0, 0.1) is 5.92 Å². The number of aromatic nitrogens is 3. The molecule has 140 valence electrons. The summed E-state index contributed by atoms with van der Waals surface area (Å²) in [4.78, 5) is 23.4. The van der Waals surface area contributed by atoms with Crippen LogP contribution in [0.5, 0.6) is 0 Å². The van der Waals surface area contributed by atoms with Crippen LogP contribution in [-0.4, -0.2) is 32.0 Å². The van der Waals surface area contributed by atoms with Crippen LogP contribution in [0.4, 0.5) is 4.79 Å². The molecule has 0 radical (unpaired) electrons. The van der Waals surface area contributed by atoms with Crippen molar-refractivity contribution in [1.29, 1.82) is 0 Å². The van der Waals surface area contributed by atoms with Gasteiger partial charge in [-0.05, 0) is 30.2 Å². The van der Waals surface area contributed by atoms with Crippen LogP contribution in [-0.2, 0) is 4.79 Å². The largest absolute Gasteiger partial charge is 0.461 e. The lowest BCUT2D eigenvalue weighted by atomic mass is 10.1. The zero-order valence-corrected chi connectivity index (χ0v) is 15.6. The van der Waals surface area contributed by atoms with E-state index in [0.717, 1.165) is 5.69 Å². The van der Waals surface area contributed by atoms with Gasteiger partial charge in [0.05, 0.1) is 11.5 Å². The Morgan fingerprint density at radius 2 is 1.89 bits per heavy atom. The quantitative estimate of drug-likeness (QED) is 0.630. The van der Waals surface area contributed by atoms with Crippen LogP contribution in [0.1, 0.15) is 13.8 Å². The molecule has 0 aliphatic heterocycles. The number of furan rings is 1. The number of nitrogens with one attached hydrogen (secondary N) is 1. The highest BCUT2D eigenvalue weighted by Gasteiger charge is 2.28. The molecule has 1 atom stereocenters. The standard InChI is InChI=1S/C18H19N5O3S/c1-11(2)14(16(24)20-17(19)25)27-18-22-21-15(13-9-6-10-26-13)23(18)12-7-4-3-5-8-12/h3-11,14H,1-2H3,(H3,19,20,24,25)/t14-/m1/s1. The van der Waals surface area contributed by atoms with Gasteiger partial charge in [-0.1, -0.05) is 43.8 Å². The molecule has 1 aromatic carbocycles. The first-order chi connectivity index (χ1) is 13.0. The second-order valence-corrected chi connectivity index (χ2v) is 7.20. The van der Waals surface area contributed by atoms with Gasteiger partial charge in [-0.15, -0.1) is 10.2 Å². The summed E-state index contributed by atoms with van der Waals surface area (Å²) in [5, 5.41) is 10.6. The van der Waals surface area contributed by atoms with E-state index >= 15 is 0 Å². The number of hydrogen-bond acceptors (Lipinski definition) is 6. The van der Waals surface area contributed by atoms with Crippen molar-refractivity contribution < 1.29 is 14.0 Å². The van der Waals surface area contributed by atoms with E-state index in [1.165, 1.54) is 11.8 Å². The minimum atomic E-state index is -0.882. The molecular formula is C18H19N5O3S. The minimum absolute atomic E-state index is 0.0673. The molecule has 2 heterocycles. The highest BCUT2D eigenvalue weighted by atomic mass is 32.2. The Kier molecular flexibility index (Phi) is 5.60. The molecule has 0 saturated heterocycles. The predicted octanol–water partition coefficient (Wildman–Crippen LogP) is 2.84. The van der Waals surface area contributed by atoms with E-state index in [2.05, 4.69) is 15.5 Å². The van der Waals surface area contributed by atoms with Crippen LogP contribution < -0.4 is 11.1 Å². The molecule has 8 nitrogen and oxygen atoms in total. The van der Waals surface area contributed by atoms with E-state index in [1.807, 2.05) is 48.7 Å². The maximum Gasteiger partial charge on any atom is 0.318 e. The summed E-state index contributed by atoms with van der Waals surface area (Å²) in [7, 11) is 0. The average Bonchev–Trinajstić information content (AvgIpc) is 3.28. The smallest absolute Gasteiger partial charge is 0.318 e. The van der Waals surface area contributed by atoms with E-state index in [-0.39, 0.29) is 5.92 Å². The second kappa shape index (κ2) is 8.09. The zero-order valence-electron chi connectivity index (χ0n) is 14.8. The first-order valence-electron chi connectivity index (χ1n) is 8.29. The van der Waals surface area contributed by atoms with Crippen LogP contribution in [0.25, 0.3) is 17.3 Å². The summed E-state index contributed by atoms with van der Waals surface area (Å²) in [6.45, 7) is 3.77. The van der Waals surface area contributed by atoms with Gasteiger partial charge < -0.3 is 10.2 Å². The summed E-state index contributed by atoms with van der Waals surface area (Å²) >= 11 is 1.21. The molecule has 0 aliphatic rings. The van der Waals surface area contributed by atoms with Crippen molar-refractivity contribution in [2.75, 3.05) is 0 Å². The third kappa shape index (κ3) is 4.20. The molecular weight excluding hydrogens is 366 g/mol. The Bertz CT molecular complexity index is 922. The maximum atomic E-state index is 12.4. The molecule has 0 spiro atoms. The number of amides is 3. The molecule has 0 bridgehead atoms. The molecule has 3 N–H and O–H groups in total. The van der Waals surface area contributed by atoms with Crippen molar-refractivity contribution in [3.8, 4) is 17.3 Å². The van der Waals surface area contributed by atoms with Crippen LogP contribution in [0.15, 0.2) is 58.3 Å². The van der Waals surface area contributed by atoms with Crippen molar-refractivity contribution in [3.05, 3.63) is 48.7 Å². The monoisotopic (exact) mass is 385 g/mol. The molecule has 3 rings (SSSR count). The van der Waals surface area contributed by atoms with E-state index < -0.39 is 17.2 Å². The number of para-hydroxylation sites is 1. The fourth-order valence-electron chi connectivity index (χ4n) is 2.52. The van der Waals surface area contributed by atoms with Crippen LogP contribution >= 0.6 is 11.8 Å². The van der Waals surface area contributed by atoms with Crippen LogP contribution in [0.3, 0.4) is 0 Å². The van der Waals surface area contributed by atoms with Gasteiger partial charge in [0.25, 0.3) is 0 Å². The number of rotatable bonds is 6. The summed E-state index contributed by atoms with van der Waals surface area (Å²) in [5.74, 6) is 0.541. The number of carbonyl (C=O) groups excluding carboxylic acids is 2. The lowest BCUT2D eigenvalue weighted by Crippen LogP contribution is -2.42. The van der Waals surface area contributed by atoms with Crippen molar-refractivity contribution in [1.82, 2.24) is 20.1 Å². The van der Waals surface area contributed by atoms with Crippen molar-refractivity contribution in [2.45, 2.75) is 24.3 Å². The third-order valence-corrected chi connectivity index (χ3v) is 5.22. The fourth-order valence-corrected chi connectivity index (χ4v) is 3.57. The molecule has 27 heavy (non-hydrogen) atoms. The molecule has 0 saturated carbocycles. The first kappa shape index (κ1) is 18.7. The lowest BCUT2D eigenvalue weighted by molar-refractivity contribution is -0.120. The fraction of sp³-hybridized carbons (Fsp3) is 0.222. The Hall–Kier alpha value is -3.07. The lowest BCUT2D eigenvalue weighted by Gasteiger charge is -2.19. The number of thioether (sulfide) groups is 1. The number of primary amides is 1. The Balaban J connectivity index is 2.02. The number of imide groups is 1. The number of hydrogen-bond donors (Lipinski definition) is 2. The first-order valence-corrected chi connectivity index (χ1v) is 9.17. The van der Waals surface area contributed by atoms with E-state index in [1.54, 1.807) is 18.4 Å². The van der Waals surface area contributed by atoms with E-state index in [4.69, 9.17) is 10.2 Å². The summed E-state index contributed by atoms with van der Waals surface area (Å²) in [6.07, 6.45) is 1.56. The Morgan fingerprint density at radius 3 is 2.48 bits per heavy atom. The zero-order chi connectivity index (χ0) is 19.4. The normalized spacial score (nSPS) is 12.1. The van der Waals surface area contributed by atoms with Gasteiger partial charge in [0.15, 0.2) is 10.9 Å². The SMILES string of the molecule is CC(C)[C@@H](Sc1nnc(-c2ccco2)n1-c1ccccc1)C(=O)NC(N)=O. The summed E-state index contributed by atoms with van der Waals surface area (Å²) in [6, 6.07) is 12.2. The van der Waals surface area contributed by atoms with Crippen LogP contribution in [0.2, 0.25) is 0 Å². The maximum absolute atomic E-state index is 12.4. The summed E-state index contributed by atoms with van der Waals surface area (Å²) in [5.41, 5.74) is 5.92. The van der Waals surface area contributed by atoms with Gasteiger partial charge in [-0.2, -0.15) is 0 Å². The number of urea groups is 1. The molecule has 9 heteroatoms. The van der Waals surface area contributed by atoms with Gasteiger partial charge in [0, 0.05) is 5.69 Å². The summed E-state index contributed by atoms with van der Waals surface area (Å²) < 4.78 is 7.29. The molecule has 3 aromatic rings. The minimum Gasteiger partial charge on any atom is -0.461 e. The van der Waals surface area contributed by atoms with Crippen molar-refractivity contribution in [2.24, 2.45) is 11.7 Å². The Labute approximate surface area is 160 Å². The van der Waals surface area contributed by atoms with Gasteiger partial charge >= 0.3 is 6.03 Å². The highest BCUT2D eigenvalue weighted by molar-refractivity contribution is 8.00. The predicted molar refractivity (Wildman–Crippen MR) is 101 cm³/mol. The topological polar surface area (TPSA) is 116 Å². The highest BCUT2D eigenvalue weighted by Crippen LogP contribution is 2.32. The van der Waals surface area contributed by atoms with Gasteiger partial charge in [0.1, 0.15) is 0 Å². The van der Waals surface area contributed by atoms with Gasteiger partial charge in [0.2, 0.25) is 11.7 Å².